The molecule has 3 nitrogen and oxygen atoms in total. The molecule has 1 heterocycles. The maximum Gasteiger partial charge on any atom is 0.224 e. The van der Waals surface area contributed by atoms with Gasteiger partial charge in [-0.15, -0.1) is 0 Å². The quantitative estimate of drug-likeness (QED) is 0.428. The lowest BCUT2D eigenvalue weighted by molar-refractivity contribution is 0.596. The lowest BCUT2D eigenvalue weighted by Gasteiger charge is -2.17. The van der Waals surface area contributed by atoms with Crippen LogP contribution in [-0.2, 0) is 0 Å². The van der Waals surface area contributed by atoms with E-state index >= 15 is 0 Å². The number of halogens is 1. The molecule has 0 amide bonds. The standard InChI is InChI=1S/C19H28ClN3/c1-2-3-4-5-6-7-11-14-21-18-17(15-22-19(20)23-18)16-12-9-8-10-13-16/h8-10,12,15-16H,2-7,11,13-14H2,1H3,(H,21,22,23). The van der Waals surface area contributed by atoms with Crippen LogP contribution in [0.2, 0.25) is 5.28 Å². The molecule has 0 aliphatic heterocycles. The summed E-state index contributed by atoms with van der Waals surface area (Å²) in [4.78, 5) is 8.55. The predicted molar refractivity (Wildman–Crippen MR) is 99.2 cm³/mol. The smallest absolute Gasteiger partial charge is 0.224 e. The second kappa shape index (κ2) is 10.4. The van der Waals surface area contributed by atoms with Crippen LogP contribution in [-0.4, -0.2) is 16.5 Å². The van der Waals surface area contributed by atoms with Crippen molar-refractivity contribution < 1.29 is 0 Å². The number of nitrogens with zero attached hydrogens (tertiary/aromatic N) is 2. The van der Waals surface area contributed by atoms with Gasteiger partial charge in [-0.2, -0.15) is 0 Å². The number of rotatable bonds is 10. The lowest BCUT2D eigenvalue weighted by atomic mass is 9.94. The summed E-state index contributed by atoms with van der Waals surface area (Å²) in [6.07, 6.45) is 20.6. The molecule has 1 aromatic rings. The fraction of sp³-hybridized carbons (Fsp3) is 0.579. The van der Waals surface area contributed by atoms with Gasteiger partial charge in [-0.25, -0.2) is 9.97 Å². The Kier molecular flexibility index (Phi) is 8.16. The van der Waals surface area contributed by atoms with Crippen LogP contribution in [0.5, 0.6) is 0 Å². The van der Waals surface area contributed by atoms with Crippen LogP contribution in [0.4, 0.5) is 5.82 Å². The molecule has 126 valence electrons. The molecular formula is C19H28ClN3. The van der Waals surface area contributed by atoms with Gasteiger partial charge < -0.3 is 5.32 Å². The Bertz CT molecular complexity index is 525. The van der Waals surface area contributed by atoms with Gasteiger partial charge in [0.25, 0.3) is 0 Å². The predicted octanol–water partition coefficient (Wildman–Crippen LogP) is 5.89. The van der Waals surface area contributed by atoms with Crippen molar-refractivity contribution in [1.82, 2.24) is 9.97 Å². The zero-order valence-corrected chi connectivity index (χ0v) is 14.9. The van der Waals surface area contributed by atoms with E-state index in [9.17, 15) is 0 Å². The molecule has 1 N–H and O–H groups in total. The van der Waals surface area contributed by atoms with Crippen LogP contribution in [0.1, 0.15) is 69.8 Å². The van der Waals surface area contributed by atoms with Crippen molar-refractivity contribution in [1.29, 1.82) is 0 Å². The van der Waals surface area contributed by atoms with Gasteiger partial charge in [0, 0.05) is 24.2 Å². The van der Waals surface area contributed by atoms with Gasteiger partial charge in [0.05, 0.1) is 0 Å². The molecule has 1 aromatic heterocycles. The first kappa shape index (κ1) is 18.0. The maximum atomic E-state index is 5.97. The highest BCUT2D eigenvalue weighted by molar-refractivity contribution is 6.28. The minimum absolute atomic E-state index is 0.311. The number of hydrogen-bond acceptors (Lipinski definition) is 3. The molecular weight excluding hydrogens is 306 g/mol. The van der Waals surface area contributed by atoms with Gasteiger partial charge in [0.15, 0.2) is 0 Å². The van der Waals surface area contributed by atoms with Crippen molar-refractivity contribution in [3.8, 4) is 0 Å². The number of anilines is 1. The Balaban J connectivity index is 1.78. The van der Waals surface area contributed by atoms with E-state index in [0.717, 1.165) is 24.3 Å². The van der Waals surface area contributed by atoms with Gasteiger partial charge in [0.1, 0.15) is 5.82 Å². The van der Waals surface area contributed by atoms with E-state index < -0.39 is 0 Å². The molecule has 1 unspecified atom stereocenters. The fourth-order valence-corrected chi connectivity index (χ4v) is 3.02. The SMILES string of the molecule is CCCCCCCCCNc1nc(Cl)ncc1C1C=CC=CC1. The van der Waals surface area contributed by atoms with Crippen molar-refractivity contribution in [3.05, 3.63) is 41.3 Å². The average molecular weight is 334 g/mol. The average Bonchev–Trinajstić information content (AvgIpc) is 2.58. The number of unbranched alkanes of at least 4 members (excludes halogenated alkanes) is 6. The lowest BCUT2D eigenvalue weighted by Crippen LogP contribution is -2.10. The van der Waals surface area contributed by atoms with E-state index in [1.54, 1.807) is 0 Å². The molecule has 2 rings (SSSR count). The summed E-state index contributed by atoms with van der Waals surface area (Å²) in [6.45, 7) is 3.20. The molecule has 0 spiro atoms. The molecule has 1 aliphatic rings. The highest BCUT2D eigenvalue weighted by Gasteiger charge is 2.15. The molecule has 0 saturated heterocycles. The summed E-state index contributed by atoms with van der Waals surface area (Å²) >= 11 is 5.97. The van der Waals surface area contributed by atoms with Crippen LogP contribution >= 0.6 is 11.6 Å². The van der Waals surface area contributed by atoms with Crippen molar-refractivity contribution in [2.75, 3.05) is 11.9 Å². The highest BCUT2D eigenvalue weighted by atomic mass is 35.5. The van der Waals surface area contributed by atoms with E-state index in [1.165, 1.54) is 44.9 Å². The topological polar surface area (TPSA) is 37.8 Å². The van der Waals surface area contributed by atoms with E-state index in [0.29, 0.717) is 11.2 Å². The molecule has 0 aromatic carbocycles. The zero-order chi connectivity index (χ0) is 16.3. The molecule has 0 fully saturated rings. The minimum atomic E-state index is 0.311. The Morgan fingerprint density at radius 1 is 1.13 bits per heavy atom. The first-order chi connectivity index (χ1) is 11.3. The fourth-order valence-electron chi connectivity index (χ4n) is 2.88. The van der Waals surface area contributed by atoms with E-state index in [4.69, 9.17) is 11.6 Å². The van der Waals surface area contributed by atoms with E-state index in [1.807, 2.05) is 6.20 Å². The number of allylic oxidation sites excluding steroid dienone is 4. The van der Waals surface area contributed by atoms with Crippen LogP contribution in [0.25, 0.3) is 0 Å². The van der Waals surface area contributed by atoms with E-state index in [2.05, 4.69) is 46.5 Å². The van der Waals surface area contributed by atoms with Crippen LogP contribution < -0.4 is 5.32 Å². The maximum absolute atomic E-state index is 5.97. The van der Waals surface area contributed by atoms with Crippen molar-refractivity contribution >= 4 is 17.4 Å². The van der Waals surface area contributed by atoms with Gasteiger partial charge in [0.2, 0.25) is 5.28 Å². The summed E-state index contributed by atoms with van der Waals surface area (Å²) in [5, 5.41) is 3.77. The Hall–Kier alpha value is -1.35. The molecule has 1 aliphatic carbocycles. The van der Waals surface area contributed by atoms with Gasteiger partial charge >= 0.3 is 0 Å². The second-order valence-electron chi connectivity index (χ2n) is 6.15. The van der Waals surface area contributed by atoms with Crippen LogP contribution in [0.3, 0.4) is 0 Å². The summed E-state index contributed by atoms with van der Waals surface area (Å²) in [7, 11) is 0. The van der Waals surface area contributed by atoms with Crippen molar-refractivity contribution in [2.45, 2.75) is 64.2 Å². The van der Waals surface area contributed by atoms with E-state index in [-0.39, 0.29) is 0 Å². The summed E-state index contributed by atoms with van der Waals surface area (Å²) < 4.78 is 0. The van der Waals surface area contributed by atoms with Crippen LogP contribution in [0, 0.1) is 0 Å². The monoisotopic (exact) mass is 333 g/mol. The third-order valence-corrected chi connectivity index (χ3v) is 4.42. The Morgan fingerprint density at radius 3 is 2.65 bits per heavy atom. The van der Waals surface area contributed by atoms with Crippen molar-refractivity contribution in [3.63, 3.8) is 0 Å². The third kappa shape index (κ3) is 6.34. The second-order valence-corrected chi connectivity index (χ2v) is 6.48. The summed E-state index contributed by atoms with van der Waals surface area (Å²) in [5.41, 5.74) is 1.14. The number of nitrogens with one attached hydrogen (secondary N) is 1. The third-order valence-electron chi connectivity index (χ3n) is 4.24. The van der Waals surface area contributed by atoms with Crippen LogP contribution in [0.15, 0.2) is 30.5 Å². The largest absolute Gasteiger partial charge is 0.370 e. The molecule has 0 radical (unpaired) electrons. The minimum Gasteiger partial charge on any atom is -0.370 e. The zero-order valence-electron chi connectivity index (χ0n) is 14.1. The Labute approximate surface area is 145 Å². The molecule has 0 bridgehead atoms. The molecule has 4 heteroatoms. The highest BCUT2D eigenvalue weighted by Crippen LogP contribution is 2.29. The summed E-state index contributed by atoms with van der Waals surface area (Å²) in [6, 6.07) is 0. The molecule has 1 atom stereocenters. The van der Waals surface area contributed by atoms with Gasteiger partial charge in [-0.05, 0) is 24.4 Å². The Morgan fingerprint density at radius 2 is 1.91 bits per heavy atom. The van der Waals surface area contributed by atoms with Crippen molar-refractivity contribution in [2.24, 2.45) is 0 Å². The normalized spacial score (nSPS) is 16.7. The number of aromatic nitrogens is 2. The first-order valence-corrected chi connectivity index (χ1v) is 9.28. The molecule has 0 saturated carbocycles. The first-order valence-electron chi connectivity index (χ1n) is 8.91. The summed E-state index contributed by atoms with van der Waals surface area (Å²) in [5.74, 6) is 1.23. The van der Waals surface area contributed by atoms with Gasteiger partial charge in [-0.1, -0.05) is 69.8 Å². The number of hydrogen-bond donors (Lipinski definition) is 1. The molecule has 23 heavy (non-hydrogen) atoms. The van der Waals surface area contributed by atoms with Gasteiger partial charge in [-0.3, -0.25) is 0 Å².